The van der Waals surface area contributed by atoms with E-state index in [0.717, 1.165) is 12.8 Å². The monoisotopic (exact) mass is 407 g/mol. The molecule has 25 heavy (non-hydrogen) atoms. The zero-order valence-corrected chi connectivity index (χ0v) is 17.2. The molecular formula is C18H28Cl3N3O. The highest BCUT2D eigenvalue weighted by atomic mass is 35.5. The smallest absolute Gasteiger partial charge is 0.232 e. The number of unbranched alkanes of at least 4 members (excludes halogenated alkanes) is 10. The molecule has 7 heteroatoms. The van der Waals surface area contributed by atoms with Crippen molar-refractivity contribution < 1.29 is 4.79 Å². The van der Waals surface area contributed by atoms with Crippen molar-refractivity contribution in [3.63, 3.8) is 0 Å². The van der Waals surface area contributed by atoms with Gasteiger partial charge in [0.2, 0.25) is 11.9 Å². The molecule has 0 bridgehead atoms. The van der Waals surface area contributed by atoms with Gasteiger partial charge in [-0.2, -0.15) is 9.97 Å². The second kappa shape index (κ2) is 13.6. The van der Waals surface area contributed by atoms with E-state index in [9.17, 15) is 4.79 Å². The first kappa shape index (κ1) is 22.5. The van der Waals surface area contributed by atoms with Crippen LogP contribution in [-0.2, 0) is 4.79 Å². The predicted molar refractivity (Wildman–Crippen MR) is 107 cm³/mol. The highest BCUT2D eigenvalue weighted by molar-refractivity contribution is 6.47. The summed E-state index contributed by atoms with van der Waals surface area (Å²) in [6, 6.07) is 0. The molecule has 0 radical (unpaired) electrons. The van der Waals surface area contributed by atoms with Gasteiger partial charge in [-0.25, -0.2) is 0 Å². The Labute approximate surface area is 166 Å². The molecule has 0 fully saturated rings. The lowest BCUT2D eigenvalue weighted by atomic mass is 10.1. The molecule has 0 aliphatic heterocycles. The van der Waals surface area contributed by atoms with Crippen molar-refractivity contribution in [2.45, 2.75) is 84.0 Å². The highest BCUT2D eigenvalue weighted by Crippen LogP contribution is 2.27. The molecule has 0 atom stereocenters. The van der Waals surface area contributed by atoms with Crippen LogP contribution in [0.1, 0.15) is 84.0 Å². The summed E-state index contributed by atoms with van der Waals surface area (Å²) in [4.78, 5) is 19.6. The maximum absolute atomic E-state index is 11.9. The Bertz CT molecular complexity index is 503. The second-order valence-electron chi connectivity index (χ2n) is 6.28. The van der Waals surface area contributed by atoms with Crippen molar-refractivity contribution >= 4 is 46.7 Å². The number of anilines is 1. The summed E-state index contributed by atoms with van der Waals surface area (Å²) < 4.78 is 0. The molecule has 0 saturated carbocycles. The Hall–Kier alpha value is -0.580. The minimum absolute atomic E-state index is 0.0339. The molecular weight excluding hydrogens is 381 g/mol. The molecule has 1 aromatic rings. The van der Waals surface area contributed by atoms with Crippen molar-refractivity contribution in [1.29, 1.82) is 0 Å². The van der Waals surface area contributed by atoms with Gasteiger partial charge in [-0.1, -0.05) is 106 Å². The average molecular weight is 409 g/mol. The largest absolute Gasteiger partial charge is 0.294 e. The zero-order valence-electron chi connectivity index (χ0n) is 14.9. The van der Waals surface area contributed by atoms with Crippen LogP contribution in [0.4, 0.5) is 5.95 Å². The van der Waals surface area contributed by atoms with Gasteiger partial charge in [0.15, 0.2) is 10.3 Å². The lowest BCUT2D eigenvalue weighted by molar-refractivity contribution is -0.116. The van der Waals surface area contributed by atoms with Crippen LogP contribution < -0.4 is 5.32 Å². The lowest BCUT2D eigenvalue weighted by Gasteiger charge is -2.06. The summed E-state index contributed by atoms with van der Waals surface area (Å²) in [7, 11) is 0. The third-order valence-electron chi connectivity index (χ3n) is 4.03. The highest BCUT2D eigenvalue weighted by Gasteiger charge is 2.11. The van der Waals surface area contributed by atoms with Gasteiger partial charge in [0.1, 0.15) is 5.02 Å². The summed E-state index contributed by atoms with van der Waals surface area (Å²) in [6.07, 6.45) is 14.2. The topological polar surface area (TPSA) is 54.9 Å². The van der Waals surface area contributed by atoms with E-state index in [1.165, 1.54) is 57.8 Å². The van der Waals surface area contributed by atoms with Crippen LogP contribution in [-0.4, -0.2) is 15.9 Å². The molecule has 1 heterocycles. The molecule has 1 aromatic heterocycles. The fraction of sp³-hybridized carbons (Fsp3) is 0.722. The van der Waals surface area contributed by atoms with Crippen molar-refractivity contribution in [3.8, 4) is 0 Å². The first-order valence-corrected chi connectivity index (χ1v) is 10.4. The maximum atomic E-state index is 11.9. The fourth-order valence-electron chi connectivity index (χ4n) is 2.59. The van der Waals surface area contributed by atoms with E-state index in [-0.39, 0.29) is 27.2 Å². The summed E-state index contributed by atoms with van der Waals surface area (Å²) in [5.74, 6) is -0.0437. The molecule has 0 saturated heterocycles. The summed E-state index contributed by atoms with van der Waals surface area (Å²) in [5, 5.41) is 2.76. The molecule has 0 aromatic carbocycles. The molecule has 0 unspecified atom stereocenters. The van der Waals surface area contributed by atoms with Crippen LogP contribution in [0.2, 0.25) is 15.3 Å². The van der Waals surface area contributed by atoms with E-state index in [1.807, 2.05) is 0 Å². The van der Waals surface area contributed by atoms with Crippen LogP contribution in [0.15, 0.2) is 0 Å². The van der Waals surface area contributed by atoms with Crippen molar-refractivity contribution in [2.24, 2.45) is 0 Å². The molecule has 1 rings (SSSR count). The van der Waals surface area contributed by atoms with Crippen LogP contribution >= 0.6 is 34.8 Å². The molecule has 1 amide bonds. The minimum atomic E-state index is -0.134. The standard InChI is InChI=1S/C18H28Cl3N3O/c1-2-3-4-5-6-7-8-9-10-11-12-13-14(25)22-18-23-16(20)15(19)17(21)24-18/h2-13H2,1H3,(H,22,23,24,25). The maximum Gasteiger partial charge on any atom is 0.232 e. The number of hydrogen-bond donors (Lipinski definition) is 1. The second-order valence-corrected chi connectivity index (χ2v) is 7.37. The summed E-state index contributed by atoms with van der Waals surface area (Å²) in [5.41, 5.74) is 0. The van der Waals surface area contributed by atoms with E-state index in [0.29, 0.717) is 6.42 Å². The molecule has 142 valence electrons. The summed E-state index contributed by atoms with van der Waals surface area (Å²) >= 11 is 17.4. The molecule has 0 aliphatic rings. The number of halogens is 3. The van der Waals surface area contributed by atoms with Gasteiger partial charge in [0.25, 0.3) is 0 Å². The number of amides is 1. The van der Waals surface area contributed by atoms with Gasteiger partial charge in [0, 0.05) is 6.42 Å². The number of aromatic nitrogens is 2. The molecule has 4 nitrogen and oxygen atoms in total. The molecule has 0 aliphatic carbocycles. The minimum Gasteiger partial charge on any atom is -0.294 e. The summed E-state index contributed by atoms with van der Waals surface area (Å²) in [6.45, 7) is 2.24. The van der Waals surface area contributed by atoms with Gasteiger partial charge in [-0.3, -0.25) is 10.1 Å². The van der Waals surface area contributed by atoms with Crippen LogP contribution in [0, 0.1) is 0 Å². The van der Waals surface area contributed by atoms with Gasteiger partial charge >= 0.3 is 0 Å². The number of nitrogens with zero attached hydrogens (tertiary/aromatic N) is 2. The van der Waals surface area contributed by atoms with Gasteiger partial charge < -0.3 is 0 Å². The van der Waals surface area contributed by atoms with Crippen LogP contribution in [0.5, 0.6) is 0 Å². The Balaban J connectivity index is 2.04. The SMILES string of the molecule is CCCCCCCCCCCCCC(=O)Nc1nc(Cl)c(Cl)c(Cl)n1. The van der Waals surface area contributed by atoms with Gasteiger partial charge in [0.05, 0.1) is 0 Å². The molecule has 0 spiro atoms. The van der Waals surface area contributed by atoms with E-state index < -0.39 is 0 Å². The third kappa shape index (κ3) is 10.2. The first-order chi connectivity index (χ1) is 12.0. The van der Waals surface area contributed by atoms with E-state index in [2.05, 4.69) is 22.2 Å². The third-order valence-corrected chi connectivity index (χ3v) is 5.13. The average Bonchev–Trinajstić information content (AvgIpc) is 2.57. The quantitative estimate of drug-likeness (QED) is 0.280. The van der Waals surface area contributed by atoms with E-state index >= 15 is 0 Å². The Morgan fingerprint density at radius 1 is 0.800 bits per heavy atom. The van der Waals surface area contributed by atoms with Gasteiger partial charge in [-0.05, 0) is 6.42 Å². The van der Waals surface area contributed by atoms with Crippen LogP contribution in [0.25, 0.3) is 0 Å². The lowest BCUT2D eigenvalue weighted by Crippen LogP contribution is -2.13. The Kier molecular flexibility index (Phi) is 12.2. The van der Waals surface area contributed by atoms with Crippen molar-refractivity contribution in [3.05, 3.63) is 15.3 Å². The predicted octanol–water partition coefficient (Wildman–Crippen LogP) is 7.08. The van der Waals surface area contributed by atoms with Crippen molar-refractivity contribution in [2.75, 3.05) is 5.32 Å². The number of hydrogen-bond acceptors (Lipinski definition) is 3. The zero-order chi connectivity index (χ0) is 18.5. The fourth-order valence-corrected chi connectivity index (χ4v) is 3.06. The first-order valence-electron chi connectivity index (χ1n) is 9.23. The van der Waals surface area contributed by atoms with E-state index in [1.54, 1.807) is 0 Å². The van der Waals surface area contributed by atoms with Crippen LogP contribution in [0.3, 0.4) is 0 Å². The normalized spacial score (nSPS) is 10.9. The Morgan fingerprint density at radius 2 is 1.24 bits per heavy atom. The number of rotatable bonds is 13. The van der Waals surface area contributed by atoms with E-state index in [4.69, 9.17) is 34.8 Å². The number of carbonyl (C=O) groups is 1. The van der Waals surface area contributed by atoms with Crippen molar-refractivity contribution in [1.82, 2.24) is 9.97 Å². The Morgan fingerprint density at radius 3 is 1.72 bits per heavy atom. The molecule has 1 N–H and O–H groups in total. The number of carbonyl (C=O) groups excluding carboxylic acids is 1. The van der Waals surface area contributed by atoms with Gasteiger partial charge in [-0.15, -0.1) is 0 Å². The number of nitrogens with one attached hydrogen (secondary N) is 1.